The number of hydrogen-bond donors (Lipinski definition) is 0. The Labute approximate surface area is 212 Å². The van der Waals surface area contributed by atoms with E-state index in [1.807, 2.05) is 65.3 Å². The standard InChI is InChI=1S/C28H22N6OS/c1-3-9-21(10-4-1)26-23(18-34(32-26)24-12-5-2-6-13-24)20-36-28-31-30-27(22-11-7-15-29-17-22)33(28)19-25-14-8-16-35-25/h1-18H,19-20H2. The lowest BCUT2D eigenvalue weighted by Gasteiger charge is -2.09. The van der Waals surface area contributed by atoms with Gasteiger partial charge in [-0.05, 0) is 36.4 Å². The molecule has 0 unspecified atom stereocenters. The van der Waals surface area contributed by atoms with Crippen molar-refractivity contribution in [3.8, 4) is 28.3 Å². The maximum absolute atomic E-state index is 5.63. The third-order valence-electron chi connectivity index (χ3n) is 5.75. The summed E-state index contributed by atoms with van der Waals surface area (Å²) < 4.78 is 9.64. The first kappa shape index (κ1) is 22.1. The van der Waals surface area contributed by atoms with Gasteiger partial charge in [0.05, 0.1) is 24.2 Å². The van der Waals surface area contributed by atoms with E-state index < -0.39 is 0 Å². The highest BCUT2D eigenvalue weighted by atomic mass is 32.2. The molecule has 0 N–H and O–H groups in total. The fourth-order valence-electron chi connectivity index (χ4n) is 4.01. The number of aromatic nitrogens is 6. The predicted octanol–water partition coefficient (Wildman–Crippen LogP) is 6.13. The van der Waals surface area contributed by atoms with Crippen LogP contribution in [0.4, 0.5) is 0 Å². The summed E-state index contributed by atoms with van der Waals surface area (Å²) in [5.74, 6) is 2.27. The number of para-hydroxylation sites is 1. The zero-order valence-electron chi connectivity index (χ0n) is 19.3. The minimum absolute atomic E-state index is 0.529. The lowest BCUT2D eigenvalue weighted by Crippen LogP contribution is -2.03. The van der Waals surface area contributed by atoms with Crippen molar-refractivity contribution in [2.24, 2.45) is 0 Å². The van der Waals surface area contributed by atoms with Crippen LogP contribution in [0.2, 0.25) is 0 Å². The maximum Gasteiger partial charge on any atom is 0.192 e. The Morgan fingerprint density at radius 2 is 1.61 bits per heavy atom. The topological polar surface area (TPSA) is 74.6 Å². The number of rotatable bonds is 8. The Kier molecular flexibility index (Phi) is 6.16. The van der Waals surface area contributed by atoms with Crippen LogP contribution in [-0.4, -0.2) is 29.5 Å². The molecule has 176 valence electrons. The van der Waals surface area contributed by atoms with E-state index in [0.717, 1.165) is 44.8 Å². The molecule has 4 heterocycles. The second-order valence-electron chi connectivity index (χ2n) is 8.15. The van der Waals surface area contributed by atoms with E-state index in [9.17, 15) is 0 Å². The Balaban J connectivity index is 1.35. The molecular formula is C28H22N6OS. The highest BCUT2D eigenvalue weighted by molar-refractivity contribution is 7.98. The van der Waals surface area contributed by atoms with E-state index >= 15 is 0 Å². The highest BCUT2D eigenvalue weighted by Gasteiger charge is 2.18. The molecule has 0 atom stereocenters. The van der Waals surface area contributed by atoms with Gasteiger partial charge < -0.3 is 4.42 Å². The quantitative estimate of drug-likeness (QED) is 0.239. The summed E-state index contributed by atoms with van der Waals surface area (Å²) in [6, 6.07) is 28.2. The molecular weight excluding hydrogens is 468 g/mol. The fraction of sp³-hybridized carbons (Fsp3) is 0.0714. The van der Waals surface area contributed by atoms with Gasteiger partial charge in [0.1, 0.15) is 5.76 Å². The zero-order valence-corrected chi connectivity index (χ0v) is 20.1. The Morgan fingerprint density at radius 3 is 2.36 bits per heavy atom. The normalized spacial score (nSPS) is 11.1. The molecule has 36 heavy (non-hydrogen) atoms. The molecule has 0 fully saturated rings. The first-order chi connectivity index (χ1) is 17.8. The molecule has 0 aliphatic carbocycles. The molecule has 0 aliphatic rings. The maximum atomic E-state index is 5.63. The van der Waals surface area contributed by atoms with Crippen LogP contribution in [0.5, 0.6) is 0 Å². The first-order valence-electron chi connectivity index (χ1n) is 11.5. The summed E-state index contributed by atoms with van der Waals surface area (Å²) in [6.45, 7) is 0.529. The van der Waals surface area contributed by atoms with Crippen LogP contribution < -0.4 is 0 Å². The van der Waals surface area contributed by atoms with Crippen LogP contribution in [0.1, 0.15) is 11.3 Å². The monoisotopic (exact) mass is 490 g/mol. The minimum atomic E-state index is 0.529. The van der Waals surface area contributed by atoms with Gasteiger partial charge in [-0.2, -0.15) is 5.10 Å². The Hall–Kier alpha value is -4.43. The molecule has 4 aromatic heterocycles. The number of hydrogen-bond acceptors (Lipinski definition) is 6. The van der Waals surface area contributed by atoms with Crippen molar-refractivity contribution < 1.29 is 4.42 Å². The number of nitrogens with zero attached hydrogens (tertiary/aromatic N) is 6. The van der Waals surface area contributed by atoms with E-state index in [0.29, 0.717) is 12.3 Å². The van der Waals surface area contributed by atoms with Crippen LogP contribution in [-0.2, 0) is 12.3 Å². The van der Waals surface area contributed by atoms with Gasteiger partial charge in [-0.3, -0.25) is 9.55 Å². The van der Waals surface area contributed by atoms with Gasteiger partial charge in [-0.1, -0.05) is 60.3 Å². The zero-order chi connectivity index (χ0) is 24.2. The van der Waals surface area contributed by atoms with Gasteiger partial charge in [0.2, 0.25) is 0 Å². The lowest BCUT2D eigenvalue weighted by atomic mass is 10.1. The average molecular weight is 491 g/mol. The van der Waals surface area contributed by atoms with Crippen LogP contribution >= 0.6 is 11.8 Å². The highest BCUT2D eigenvalue weighted by Crippen LogP contribution is 2.31. The third kappa shape index (κ3) is 4.58. The smallest absolute Gasteiger partial charge is 0.192 e. The lowest BCUT2D eigenvalue weighted by molar-refractivity contribution is 0.485. The number of benzene rings is 2. The third-order valence-corrected chi connectivity index (χ3v) is 6.76. The number of thioether (sulfide) groups is 1. The molecule has 0 saturated heterocycles. The van der Waals surface area contributed by atoms with Crippen LogP contribution in [0.15, 0.2) is 119 Å². The van der Waals surface area contributed by atoms with Crippen molar-refractivity contribution in [2.75, 3.05) is 0 Å². The Morgan fingerprint density at radius 1 is 0.806 bits per heavy atom. The molecule has 0 spiro atoms. The van der Waals surface area contributed by atoms with Crippen molar-refractivity contribution >= 4 is 11.8 Å². The van der Waals surface area contributed by atoms with Crippen molar-refractivity contribution in [1.82, 2.24) is 29.5 Å². The van der Waals surface area contributed by atoms with E-state index in [-0.39, 0.29) is 0 Å². The Bertz CT molecular complexity index is 1540. The summed E-state index contributed by atoms with van der Waals surface area (Å²) in [4.78, 5) is 4.26. The van der Waals surface area contributed by atoms with E-state index in [4.69, 9.17) is 9.52 Å². The molecule has 6 aromatic rings. The largest absolute Gasteiger partial charge is 0.467 e. The molecule has 2 aromatic carbocycles. The van der Waals surface area contributed by atoms with E-state index in [2.05, 4.69) is 50.2 Å². The second kappa shape index (κ2) is 10.1. The molecule has 8 heteroatoms. The molecule has 7 nitrogen and oxygen atoms in total. The van der Waals surface area contributed by atoms with Crippen molar-refractivity contribution in [1.29, 1.82) is 0 Å². The van der Waals surface area contributed by atoms with Gasteiger partial charge >= 0.3 is 0 Å². The van der Waals surface area contributed by atoms with Crippen molar-refractivity contribution in [3.05, 3.63) is 121 Å². The van der Waals surface area contributed by atoms with Gasteiger partial charge in [-0.25, -0.2) is 4.68 Å². The first-order valence-corrected chi connectivity index (χ1v) is 12.5. The summed E-state index contributed by atoms with van der Waals surface area (Å²) in [7, 11) is 0. The summed E-state index contributed by atoms with van der Waals surface area (Å²) >= 11 is 1.63. The second-order valence-corrected chi connectivity index (χ2v) is 9.09. The van der Waals surface area contributed by atoms with Crippen LogP contribution in [0, 0.1) is 0 Å². The number of pyridine rings is 1. The number of furan rings is 1. The predicted molar refractivity (Wildman–Crippen MR) is 140 cm³/mol. The summed E-state index contributed by atoms with van der Waals surface area (Å²) in [6.07, 6.45) is 7.33. The van der Waals surface area contributed by atoms with Crippen molar-refractivity contribution in [3.63, 3.8) is 0 Å². The summed E-state index contributed by atoms with van der Waals surface area (Å²) in [5.41, 5.74) is 5.08. The average Bonchev–Trinajstić information content (AvgIpc) is 3.70. The molecule has 0 aliphatic heterocycles. The van der Waals surface area contributed by atoms with Gasteiger partial charge in [0.25, 0.3) is 0 Å². The van der Waals surface area contributed by atoms with Gasteiger partial charge in [0.15, 0.2) is 11.0 Å². The molecule has 0 amide bonds. The molecule has 0 radical (unpaired) electrons. The fourth-order valence-corrected chi connectivity index (χ4v) is 4.92. The molecule has 0 bridgehead atoms. The van der Waals surface area contributed by atoms with Gasteiger partial charge in [-0.15, -0.1) is 10.2 Å². The van der Waals surface area contributed by atoms with Gasteiger partial charge in [0, 0.05) is 41.0 Å². The van der Waals surface area contributed by atoms with E-state index in [1.54, 1.807) is 30.4 Å². The van der Waals surface area contributed by atoms with E-state index in [1.165, 1.54) is 0 Å². The summed E-state index contributed by atoms with van der Waals surface area (Å²) in [5, 5.41) is 14.8. The SMILES string of the molecule is c1ccc(-c2nn(-c3ccccc3)cc2CSc2nnc(-c3cccnc3)n2Cc2ccco2)cc1. The molecule has 6 rings (SSSR count). The van der Waals surface area contributed by atoms with Crippen molar-refractivity contribution in [2.45, 2.75) is 17.5 Å². The van der Waals surface area contributed by atoms with Crippen LogP contribution in [0.3, 0.4) is 0 Å². The minimum Gasteiger partial charge on any atom is -0.467 e. The van der Waals surface area contributed by atoms with Crippen LogP contribution in [0.25, 0.3) is 28.3 Å². The molecule has 0 saturated carbocycles.